The third kappa shape index (κ3) is 4.27. The number of nitrogens with one attached hydrogen (secondary N) is 2. The molecule has 3 heterocycles. The van der Waals surface area contributed by atoms with Crippen molar-refractivity contribution in [2.75, 3.05) is 13.1 Å². The fourth-order valence-electron chi connectivity index (χ4n) is 3.45. The molecular formula is C21H21BrN4O3. The van der Waals surface area contributed by atoms with Gasteiger partial charge in [0.25, 0.3) is 11.8 Å². The number of halogens is 1. The first-order valence-electron chi connectivity index (χ1n) is 9.47. The van der Waals surface area contributed by atoms with Crippen LogP contribution in [0.5, 0.6) is 0 Å². The fraction of sp³-hybridized carbons (Fsp3) is 0.286. The van der Waals surface area contributed by atoms with Crippen LogP contribution in [0.2, 0.25) is 0 Å². The SMILES string of the molecule is Cc1ccoc1C(=O)NC1CCN(C(=O)c2cc(-c3ccc(Br)cc3)n[nH]2)CC1. The number of aryl methyl sites for hydroxylation is 1. The second-order valence-corrected chi connectivity index (χ2v) is 8.06. The highest BCUT2D eigenvalue weighted by molar-refractivity contribution is 9.10. The van der Waals surface area contributed by atoms with Crippen LogP contribution in [0.4, 0.5) is 0 Å². The molecule has 150 valence electrons. The molecule has 1 saturated heterocycles. The molecule has 0 aliphatic carbocycles. The maximum atomic E-state index is 12.8. The number of aromatic nitrogens is 2. The monoisotopic (exact) mass is 456 g/mol. The van der Waals surface area contributed by atoms with Crippen molar-refractivity contribution in [3.8, 4) is 11.3 Å². The predicted octanol–water partition coefficient (Wildman–Crippen LogP) is 3.78. The number of rotatable bonds is 4. The first-order valence-corrected chi connectivity index (χ1v) is 10.3. The summed E-state index contributed by atoms with van der Waals surface area (Å²) in [5.74, 6) is 0.0685. The molecular weight excluding hydrogens is 436 g/mol. The van der Waals surface area contributed by atoms with Gasteiger partial charge in [0.1, 0.15) is 5.69 Å². The van der Waals surface area contributed by atoms with Gasteiger partial charge in [-0.05, 0) is 44.0 Å². The molecule has 2 N–H and O–H groups in total. The summed E-state index contributed by atoms with van der Waals surface area (Å²) >= 11 is 3.41. The summed E-state index contributed by atoms with van der Waals surface area (Å²) < 4.78 is 6.23. The molecule has 1 aliphatic rings. The number of carbonyl (C=O) groups excluding carboxylic acids is 2. The second kappa shape index (κ2) is 8.24. The number of nitrogens with zero attached hydrogens (tertiary/aromatic N) is 2. The number of H-pyrrole nitrogens is 1. The Balaban J connectivity index is 1.34. The van der Waals surface area contributed by atoms with Crippen LogP contribution in [0.3, 0.4) is 0 Å². The average Bonchev–Trinajstić information content (AvgIpc) is 3.38. The molecule has 29 heavy (non-hydrogen) atoms. The van der Waals surface area contributed by atoms with Crippen LogP contribution in [0.1, 0.15) is 39.4 Å². The summed E-state index contributed by atoms with van der Waals surface area (Å²) in [6, 6.07) is 11.3. The van der Waals surface area contributed by atoms with Crippen molar-refractivity contribution in [2.45, 2.75) is 25.8 Å². The minimum absolute atomic E-state index is 0.0242. The van der Waals surface area contributed by atoms with E-state index in [4.69, 9.17) is 4.42 Å². The van der Waals surface area contributed by atoms with Gasteiger partial charge in [0.2, 0.25) is 0 Å². The molecule has 8 heteroatoms. The van der Waals surface area contributed by atoms with Crippen molar-refractivity contribution < 1.29 is 14.0 Å². The Morgan fingerprint density at radius 1 is 1.21 bits per heavy atom. The van der Waals surface area contributed by atoms with Gasteiger partial charge in [0.05, 0.1) is 12.0 Å². The van der Waals surface area contributed by atoms with E-state index in [1.165, 1.54) is 6.26 Å². The van der Waals surface area contributed by atoms with Crippen LogP contribution in [0, 0.1) is 6.92 Å². The molecule has 0 saturated carbocycles. The summed E-state index contributed by atoms with van der Waals surface area (Å²) in [5.41, 5.74) is 2.96. The lowest BCUT2D eigenvalue weighted by Gasteiger charge is -2.32. The first kappa shape index (κ1) is 19.4. The van der Waals surface area contributed by atoms with Gasteiger partial charge in [-0.15, -0.1) is 0 Å². The van der Waals surface area contributed by atoms with E-state index in [1.54, 1.807) is 17.0 Å². The van der Waals surface area contributed by atoms with Crippen molar-refractivity contribution in [3.63, 3.8) is 0 Å². The summed E-state index contributed by atoms with van der Waals surface area (Å²) in [6.07, 6.45) is 2.91. The molecule has 1 aromatic carbocycles. The van der Waals surface area contributed by atoms with Gasteiger partial charge in [-0.25, -0.2) is 0 Å². The number of carbonyl (C=O) groups is 2. The number of aromatic amines is 1. The molecule has 2 aromatic heterocycles. The molecule has 0 bridgehead atoms. The number of furan rings is 1. The number of benzene rings is 1. The summed E-state index contributed by atoms with van der Waals surface area (Å²) in [7, 11) is 0. The first-order chi connectivity index (χ1) is 14.0. The molecule has 7 nitrogen and oxygen atoms in total. The summed E-state index contributed by atoms with van der Waals surface area (Å²) in [5, 5.41) is 10.1. The van der Waals surface area contributed by atoms with Gasteiger partial charge < -0.3 is 14.6 Å². The zero-order valence-electron chi connectivity index (χ0n) is 15.9. The van der Waals surface area contributed by atoms with E-state index in [1.807, 2.05) is 31.2 Å². The van der Waals surface area contributed by atoms with Crippen LogP contribution < -0.4 is 5.32 Å². The van der Waals surface area contributed by atoms with Gasteiger partial charge >= 0.3 is 0 Å². The smallest absolute Gasteiger partial charge is 0.287 e. The zero-order chi connectivity index (χ0) is 20.4. The molecule has 1 fully saturated rings. The van der Waals surface area contributed by atoms with Crippen molar-refractivity contribution in [2.24, 2.45) is 0 Å². The Kier molecular flexibility index (Phi) is 5.53. The van der Waals surface area contributed by atoms with Crippen molar-refractivity contribution >= 4 is 27.7 Å². The normalized spacial score (nSPS) is 14.8. The number of hydrogen-bond acceptors (Lipinski definition) is 4. The van der Waals surface area contributed by atoms with E-state index < -0.39 is 0 Å². The summed E-state index contributed by atoms with van der Waals surface area (Å²) in [4.78, 5) is 26.9. The minimum atomic E-state index is -0.204. The zero-order valence-corrected chi connectivity index (χ0v) is 17.5. The van der Waals surface area contributed by atoms with Crippen LogP contribution in [-0.4, -0.2) is 46.0 Å². The van der Waals surface area contributed by atoms with Crippen molar-refractivity contribution in [1.29, 1.82) is 0 Å². The fourth-order valence-corrected chi connectivity index (χ4v) is 3.72. The van der Waals surface area contributed by atoms with Crippen LogP contribution in [-0.2, 0) is 0 Å². The maximum Gasteiger partial charge on any atom is 0.287 e. The van der Waals surface area contributed by atoms with Gasteiger partial charge in [-0.1, -0.05) is 28.1 Å². The van der Waals surface area contributed by atoms with E-state index >= 15 is 0 Å². The molecule has 3 aromatic rings. The van der Waals surface area contributed by atoms with Gasteiger partial charge in [0.15, 0.2) is 5.76 Å². The van der Waals surface area contributed by atoms with Gasteiger partial charge in [0, 0.05) is 34.7 Å². The van der Waals surface area contributed by atoms with Crippen LogP contribution in [0.15, 0.2) is 51.6 Å². The molecule has 1 aliphatic heterocycles. The van der Waals surface area contributed by atoms with Gasteiger partial charge in [-0.2, -0.15) is 5.10 Å². The highest BCUT2D eigenvalue weighted by atomic mass is 79.9. The van der Waals surface area contributed by atoms with Crippen LogP contribution in [0.25, 0.3) is 11.3 Å². The van der Waals surface area contributed by atoms with E-state index in [0.717, 1.165) is 21.3 Å². The molecule has 4 rings (SSSR count). The number of piperidine rings is 1. The third-order valence-electron chi connectivity index (χ3n) is 5.13. The van der Waals surface area contributed by atoms with Crippen molar-refractivity contribution in [1.82, 2.24) is 20.4 Å². The lowest BCUT2D eigenvalue weighted by Crippen LogP contribution is -2.46. The Morgan fingerprint density at radius 3 is 2.59 bits per heavy atom. The highest BCUT2D eigenvalue weighted by Crippen LogP contribution is 2.22. The topological polar surface area (TPSA) is 91.2 Å². The van der Waals surface area contributed by atoms with E-state index in [2.05, 4.69) is 31.4 Å². The van der Waals surface area contributed by atoms with Gasteiger partial charge in [-0.3, -0.25) is 14.7 Å². The Hall–Kier alpha value is -2.87. The van der Waals surface area contributed by atoms with Crippen LogP contribution >= 0.6 is 15.9 Å². The standard InChI is InChI=1S/C21H21BrN4O3/c1-13-8-11-29-19(13)20(27)23-16-6-9-26(10-7-16)21(28)18-12-17(24-25-18)14-2-4-15(22)5-3-14/h2-5,8,11-12,16H,6-7,9-10H2,1H3,(H,23,27)(H,24,25). The quantitative estimate of drug-likeness (QED) is 0.624. The lowest BCUT2D eigenvalue weighted by molar-refractivity contribution is 0.0690. The third-order valence-corrected chi connectivity index (χ3v) is 5.66. The lowest BCUT2D eigenvalue weighted by atomic mass is 10.0. The largest absolute Gasteiger partial charge is 0.459 e. The van der Waals surface area contributed by atoms with Crippen molar-refractivity contribution in [3.05, 3.63) is 64.2 Å². The number of hydrogen-bond donors (Lipinski definition) is 2. The highest BCUT2D eigenvalue weighted by Gasteiger charge is 2.26. The Morgan fingerprint density at radius 2 is 1.93 bits per heavy atom. The predicted molar refractivity (Wildman–Crippen MR) is 112 cm³/mol. The molecule has 0 atom stereocenters. The minimum Gasteiger partial charge on any atom is -0.459 e. The Bertz CT molecular complexity index is 1020. The van der Waals surface area contributed by atoms with E-state index in [-0.39, 0.29) is 17.9 Å². The molecule has 2 amide bonds. The molecule has 0 spiro atoms. The van der Waals surface area contributed by atoms with E-state index in [9.17, 15) is 9.59 Å². The Labute approximate surface area is 176 Å². The number of amides is 2. The molecule has 0 unspecified atom stereocenters. The number of likely N-dealkylation sites (tertiary alicyclic amines) is 1. The summed E-state index contributed by atoms with van der Waals surface area (Å²) in [6.45, 7) is 2.99. The average molecular weight is 457 g/mol. The molecule has 0 radical (unpaired) electrons. The maximum absolute atomic E-state index is 12.8. The second-order valence-electron chi connectivity index (χ2n) is 7.15. The van der Waals surface area contributed by atoms with E-state index in [0.29, 0.717) is 37.4 Å².